The molecule has 3 heterocycles. The molecule has 10 nitrogen and oxygen atoms in total. The number of aromatic nitrogens is 3. The predicted molar refractivity (Wildman–Crippen MR) is 108 cm³/mol. The maximum absolute atomic E-state index is 14.2. The summed E-state index contributed by atoms with van der Waals surface area (Å²) in [5.74, 6) is 0.0169. The highest BCUT2D eigenvalue weighted by Crippen LogP contribution is 2.29. The number of carbonyl (C=O) groups excluding carboxylic acids is 2. The number of imide groups is 1. The fraction of sp³-hybridized carbons (Fsp3) is 0.158. The Morgan fingerprint density at radius 3 is 2.77 bits per heavy atom. The van der Waals surface area contributed by atoms with Crippen molar-refractivity contribution in [2.75, 3.05) is 16.4 Å². The summed E-state index contributed by atoms with van der Waals surface area (Å²) in [6.45, 7) is 0. The molecule has 0 atom stereocenters. The number of nitrogen functional groups attached to an aromatic ring is 1. The van der Waals surface area contributed by atoms with Crippen LogP contribution in [0.4, 0.5) is 32.2 Å². The molecule has 3 amide bonds. The fourth-order valence-electron chi connectivity index (χ4n) is 3.09. The van der Waals surface area contributed by atoms with E-state index in [0.29, 0.717) is 34.6 Å². The summed E-state index contributed by atoms with van der Waals surface area (Å²) in [5, 5.41) is 15.3. The molecule has 0 spiro atoms. The van der Waals surface area contributed by atoms with Gasteiger partial charge in [-0.05, 0) is 37.1 Å². The van der Waals surface area contributed by atoms with Crippen LogP contribution in [0.25, 0.3) is 11.7 Å². The van der Waals surface area contributed by atoms with Crippen LogP contribution in [0, 0.1) is 5.82 Å². The van der Waals surface area contributed by atoms with Crippen LogP contribution in [0.15, 0.2) is 36.2 Å². The minimum Gasteiger partial charge on any atom is -0.399 e. The van der Waals surface area contributed by atoms with E-state index in [1.54, 1.807) is 22.8 Å². The van der Waals surface area contributed by atoms with E-state index in [1.165, 1.54) is 18.2 Å². The van der Waals surface area contributed by atoms with Crippen molar-refractivity contribution in [3.8, 4) is 0 Å². The van der Waals surface area contributed by atoms with E-state index in [2.05, 4.69) is 31.3 Å². The highest BCUT2D eigenvalue weighted by molar-refractivity contribution is 6.14. The Morgan fingerprint density at radius 1 is 1.23 bits per heavy atom. The van der Waals surface area contributed by atoms with Crippen LogP contribution in [-0.4, -0.2) is 32.6 Å². The van der Waals surface area contributed by atoms with Crippen molar-refractivity contribution in [1.82, 2.24) is 25.2 Å². The molecule has 5 rings (SSSR count). The maximum atomic E-state index is 14.2. The van der Waals surface area contributed by atoms with E-state index in [4.69, 9.17) is 5.73 Å². The number of hydrogen-bond donors (Lipinski definition) is 5. The average molecular weight is 408 g/mol. The summed E-state index contributed by atoms with van der Waals surface area (Å²) in [6, 6.07) is 5.82. The Kier molecular flexibility index (Phi) is 4.02. The van der Waals surface area contributed by atoms with Crippen molar-refractivity contribution in [1.29, 1.82) is 0 Å². The minimum atomic E-state index is -0.590. The van der Waals surface area contributed by atoms with Crippen LogP contribution in [0.5, 0.6) is 0 Å². The smallest absolute Gasteiger partial charge is 0.326 e. The van der Waals surface area contributed by atoms with Gasteiger partial charge in [0.15, 0.2) is 5.65 Å². The zero-order valence-corrected chi connectivity index (χ0v) is 15.6. The van der Waals surface area contributed by atoms with Gasteiger partial charge in [-0.1, -0.05) is 0 Å². The van der Waals surface area contributed by atoms with Gasteiger partial charge in [0, 0.05) is 23.4 Å². The third-order valence-electron chi connectivity index (χ3n) is 4.70. The number of anilines is 4. The van der Waals surface area contributed by atoms with Crippen molar-refractivity contribution in [2.45, 2.75) is 18.9 Å². The number of amides is 3. The van der Waals surface area contributed by atoms with Gasteiger partial charge in [0.25, 0.3) is 5.91 Å². The molecule has 6 N–H and O–H groups in total. The van der Waals surface area contributed by atoms with Crippen LogP contribution >= 0.6 is 0 Å². The van der Waals surface area contributed by atoms with Crippen LogP contribution in [0.2, 0.25) is 0 Å². The Bertz CT molecular complexity index is 1230. The number of fused-ring (bicyclic) bond motifs is 1. The average Bonchev–Trinajstić information content (AvgIpc) is 3.33. The molecule has 0 unspecified atom stereocenters. The van der Waals surface area contributed by atoms with Crippen molar-refractivity contribution in [3.63, 3.8) is 0 Å². The molecular weight excluding hydrogens is 391 g/mol. The Morgan fingerprint density at radius 2 is 2.07 bits per heavy atom. The Hall–Kier alpha value is -4.15. The second-order valence-corrected chi connectivity index (χ2v) is 7.11. The first kappa shape index (κ1) is 17.9. The highest BCUT2D eigenvalue weighted by Gasteiger charge is 2.25. The number of nitrogens with zero attached hydrogens (tertiary/aromatic N) is 3. The summed E-state index contributed by atoms with van der Waals surface area (Å²) < 4.78 is 15.8. The van der Waals surface area contributed by atoms with E-state index in [9.17, 15) is 14.0 Å². The van der Waals surface area contributed by atoms with Crippen molar-refractivity contribution < 1.29 is 14.0 Å². The zero-order chi connectivity index (χ0) is 20.8. The molecule has 2 fully saturated rings. The molecule has 152 valence electrons. The van der Waals surface area contributed by atoms with Gasteiger partial charge in [-0.25, -0.2) is 14.2 Å². The first-order chi connectivity index (χ1) is 14.5. The van der Waals surface area contributed by atoms with Gasteiger partial charge in [0.2, 0.25) is 0 Å². The summed E-state index contributed by atoms with van der Waals surface area (Å²) >= 11 is 0. The van der Waals surface area contributed by atoms with Gasteiger partial charge in [-0.2, -0.15) is 9.61 Å². The first-order valence-corrected chi connectivity index (χ1v) is 9.28. The van der Waals surface area contributed by atoms with Crippen molar-refractivity contribution in [2.24, 2.45) is 0 Å². The van der Waals surface area contributed by atoms with Gasteiger partial charge in [-0.15, -0.1) is 0 Å². The lowest BCUT2D eigenvalue weighted by Crippen LogP contribution is -2.22. The van der Waals surface area contributed by atoms with E-state index in [-0.39, 0.29) is 11.4 Å². The van der Waals surface area contributed by atoms with Crippen LogP contribution in [-0.2, 0) is 4.79 Å². The van der Waals surface area contributed by atoms with Crippen LogP contribution in [0.1, 0.15) is 18.4 Å². The molecule has 0 bridgehead atoms. The number of nitrogens with one attached hydrogen (secondary N) is 4. The molecule has 1 saturated carbocycles. The van der Waals surface area contributed by atoms with E-state index in [0.717, 1.165) is 12.8 Å². The largest absolute Gasteiger partial charge is 0.399 e. The molecular formula is C19H17FN8O2. The number of nitrogens with two attached hydrogens (primary N) is 1. The van der Waals surface area contributed by atoms with Gasteiger partial charge in [0.1, 0.15) is 23.1 Å². The standard InChI is InChI=1S/C19H17FN8O2/c20-12-6-10(21)1-4-13(12)24-15-7-16(23-11-2-3-11)28-17(26-15)9(8-22-28)5-14-18(29)27-19(30)25-14/h1,4-8,11,23H,2-3,21H2,(H,24,26)(H2,25,27,29,30)/b14-5-. The van der Waals surface area contributed by atoms with Gasteiger partial charge < -0.3 is 21.7 Å². The lowest BCUT2D eigenvalue weighted by atomic mass is 10.2. The van der Waals surface area contributed by atoms with Crippen molar-refractivity contribution >= 4 is 46.7 Å². The van der Waals surface area contributed by atoms with Gasteiger partial charge in [-0.3, -0.25) is 10.1 Å². The molecule has 1 aliphatic carbocycles. The van der Waals surface area contributed by atoms with E-state index < -0.39 is 17.8 Å². The topological polar surface area (TPSA) is 138 Å². The minimum absolute atomic E-state index is 0.0938. The lowest BCUT2D eigenvalue weighted by Gasteiger charge is -2.12. The van der Waals surface area contributed by atoms with Crippen LogP contribution < -0.4 is 27.0 Å². The van der Waals surface area contributed by atoms with E-state index >= 15 is 0 Å². The van der Waals surface area contributed by atoms with Gasteiger partial charge >= 0.3 is 6.03 Å². The first-order valence-electron chi connectivity index (χ1n) is 9.28. The van der Waals surface area contributed by atoms with Crippen LogP contribution in [0.3, 0.4) is 0 Å². The number of halogens is 1. The lowest BCUT2D eigenvalue weighted by molar-refractivity contribution is -0.115. The molecule has 11 heteroatoms. The number of hydrogen-bond acceptors (Lipinski definition) is 7. The monoisotopic (exact) mass is 408 g/mol. The summed E-state index contributed by atoms with van der Waals surface area (Å²) in [6.07, 6.45) is 5.12. The molecule has 1 saturated heterocycles. The molecule has 2 aromatic heterocycles. The van der Waals surface area contributed by atoms with E-state index in [1.807, 2.05) is 0 Å². The molecule has 1 aromatic carbocycles. The fourth-order valence-corrected chi connectivity index (χ4v) is 3.09. The molecule has 2 aliphatic rings. The molecule has 0 radical (unpaired) electrons. The Labute approximate surface area is 169 Å². The zero-order valence-electron chi connectivity index (χ0n) is 15.6. The SMILES string of the molecule is Nc1ccc(Nc2cc(NC3CC3)n3ncc(/C=C4\NC(=O)NC4=O)c3n2)c(F)c1. The van der Waals surface area contributed by atoms with Crippen molar-refractivity contribution in [3.05, 3.63) is 47.5 Å². The second-order valence-electron chi connectivity index (χ2n) is 7.11. The normalized spacial score (nSPS) is 17.3. The number of urea groups is 1. The summed E-state index contributed by atoms with van der Waals surface area (Å²) in [7, 11) is 0. The second kappa shape index (κ2) is 6.72. The maximum Gasteiger partial charge on any atom is 0.326 e. The highest BCUT2D eigenvalue weighted by atomic mass is 19.1. The van der Waals surface area contributed by atoms with Gasteiger partial charge in [0.05, 0.1) is 11.9 Å². The number of rotatable bonds is 5. The molecule has 1 aliphatic heterocycles. The molecule has 3 aromatic rings. The Balaban J connectivity index is 1.58. The molecule has 30 heavy (non-hydrogen) atoms. The third-order valence-corrected chi connectivity index (χ3v) is 4.70. The summed E-state index contributed by atoms with van der Waals surface area (Å²) in [4.78, 5) is 27.8. The predicted octanol–water partition coefficient (Wildman–Crippen LogP) is 1.95. The number of carbonyl (C=O) groups is 2. The third kappa shape index (κ3) is 3.36. The summed E-state index contributed by atoms with van der Waals surface area (Å²) in [5.41, 5.74) is 7.19. The number of benzene rings is 1. The quantitative estimate of drug-likeness (QED) is 0.247.